The number of hydrogen-bond acceptors (Lipinski definition) is 7. The first kappa shape index (κ1) is 29.0. The topological polar surface area (TPSA) is 102 Å². The number of ether oxygens (including phenoxy) is 3. The van der Waals surface area contributed by atoms with Crippen LogP contribution in [0.3, 0.4) is 0 Å². The second kappa shape index (κ2) is 12.9. The Hall–Kier alpha value is -2.97. The maximum atomic E-state index is 12.7. The van der Waals surface area contributed by atoms with Gasteiger partial charge in [-0.3, -0.25) is 4.79 Å². The van der Waals surface area contributed by atoms with E-state index in [1.807, 2.05) is 42.2 Å². The summed E-state index contributed by atoms with van der Waals surface area (Å²) in [4.78, 5) is 38.5. The number of aliphatic hydroxyl groups is 1. The molecule has 4 atom stereocenters. The number of fused-ring (bicyclic) bond motifs is 1. The van der Waals surface area contributed by atoms with Gasteiger partial charge in [0.05, 0.1) is 6.61 Å². The van der Waals surface area contributed by atoms with Gasteiger partial charge in [0.25, 0.3) is 0 Å². The van der Waals surface area contributed by atoms with E-state index in [4.69, 9.17) is 14.2 Å². The molecule has 1 aromatic rings. The number of carbonyl (C=O) groups excluding carboxylic acids is 3. The van der Waals surface area contributed by atoms with Crippen molar-refractivity contribution >= 4 is 23.9 Å². The third-order valence-electron chi connectivity index (χ3n) is 8.67. The van der Waals surface area contributed by atoms with Crippen LogP contribution in [0.2, 0.25) is 0 Å². The molecule has 1 aromatic carbocycles. The van der Waals surface area contributed by atoms with Crippen LogP contribution in [0.4, 0.5) is 0 Å². The highest BCUT2D eigenvalue weighted by molar-refractivity contribution is 5.87. The molecule has 4 unspecified atom stereocenters. The Morgan fingerprint density at radius 2 is 1.90 bits per heavy atom. The van der Waals surface area contributed by atoms with Crippen molar-refractivity contribution in [3.63, 3.8) is 0 Å². The highest BCUT2D eigenvalue weighted by Crippen LogP contribution is 2.49. The van der Waals surface area contributed by atoms with E-state index in [1.54, 1.807) is 13.0 Å². The Bertz CT molecular complexity index is 1090. The van der Waals surface area contributed by atoms with E-state index in [1.165, 1.54) is 11.6 Å². The normalized spacial score (nSPS) is 26.4. The molecular formula is C31H41NO7. The second-order valence-corrected chi connectivity index (χ2v) is 11.2. The van der Waals surface area contributed by atoms with E-state index in [-0.39, 0.29) is 18.4 Å². The van der Waals surface area contributed by atoms with Gasteiger partial charge in [0.15, 0.2) is 0 Å². The summed E-state index contributed by atoms with van der Waals surface area (Å²) < 4.78 is 18.1. The molecule has 212 valence electrons. The molecule has 2 saturated heterocycles. The van der Waals surface area contributed by atoms with Gasteiger partial charge in [-0.2, -0.15) is 0 Å². The van der Waals surface area contributed by atoms with Crippen molar-refractivity contribution in [3.8, 4) is 0 Å². The quantitative estimate of drug-likeness (QED) is 0.287. The molecule has 2 heterocycles. The molecule has 0 radical (unpaired) electrons. The third-order valence-corrected chi connectivity index (χ3v) is 8.67. The number of carbonyl (C=O) groups is 3. The van der Waals surface area contributed by atoms with Crippen LogP contribution in [-0.4, -0.2) is 72.0 Å². The first-order valence-electron chi connectivity index (χ1n) is 14.0. The lowest BCUT2D eigenvalue weighted by molar-refractivity contribution is -0.204. The van der Waals surface area contributed by atoms with Crippen LogP contribution in [0.15, 0.2) is 47.6 Å². The maximum Gasteiger partial charge on any atom is 0.332 e. The van der Waals surface area contributed by atoms with Crippen LogP contribution in [0.1, 0.15) is 64.9 Å². The summed E-state index contributed by atoms with van der Waals surface area (Å²) in [7, 11) is 0. The molecule has 0 spiro atoms. The van der Waals surface area contributed by atoms with Crippen molar-refractivity contribution in [3.05, 3.63) is 53.1 Å². The van der Waals surface area contributed by atoms with E-state index in [0.29, 0.717) is 12.3 Å². The molecule has 0 aromatic heterocycles. The van der Waals surface area contributed by atoms with Gasteiger partial charge in [-0.15, -0.1) is 0 Å². The van der Waals surface area contributed by atoms with Crippen LogP contribution < -0.4 is 0 Å². The minimum absolute atomic E-state index is 0.0711. The molecule has 4 rings (SSSR count). The van der Waals surface area contributed by atoms with Crippen molar-refractivity contribution in [2.75, 3.05) is 26.3 Å². The van der Waals surface area contributed by atoms with Crippen LogP contribution in [0.5, 0.6) is 0 Å². The lowest BCUT2D eigenvalue weighted by atomic mass is 9.74. The third kappa shape index (κ3) is 6.97. The van der Waals surface area contributed by atoms with Crippen LogP contribution in [0.25, 0.3) is 6.08 Å². The van der Waals surface area contributed by atoms with Gasteiger partial charge in [-0.1, -0.05) is 35.9 Å². The van der Waals surface area contributed by atoms with E-state index >= 15 is 0 Å². The number of allylic oxidation sites excluding steroid dienone is 1. The summed E-state index contributed by atoms with van der Waals surface area (Å²) in [5.74, 6) is -0.641. The van der Waals surface area contributed by atoms with Crippen molar-refractivity contribution in [1.29, 1.82) is 0 Å². The molecule has 8 nitrogen and oxygen atoms in total. The van der Waals surface area contributed by atoms with Crippen molar-refractivity contribution in [1.82, 2.24) is 4.90 Å². The number of likely N-dealkylation sites (tertiary alicyclic amines) is 1. The van der Waals surface area contributed by atoms with Gasteiger partial charge in [0.1, 0.15) is 24.4 Å². The molecule has 8 heteroatoms. The van der Waals surface area contributed by atoms with Crippen molar-refractivity contribution in [2.45, 2.75) is 77.1 Å². The average molecular weight is 540 g/mol. The van der Waals surface area contributed by atoms with Crippen molar-refractivity contribution in [2.24, 2.45) is 11.8 Å². The molecule has 1 N–H and O–H groups in total. The summed E-state index contributed by atoms with van der Waals surface area (Å²) in [6, 6.07) is 9.57. The smallest absolute Gasteiger partial charge is 0.332 e. The van der Waals surface area contributed by atoms with Gasteiger partial charge < -0.3 is 24.2 Å². The highest BCUT2D eigenvalue weighted by atomic mass is 16.6. The molecule has 2 aliphatic heterocycles. The number of rotatable bonds is 9. The number of esters is 2. The maximum absolute atomic E-state index is 12.7. The van der Waals surface area contributed by atoms with Gasteiger partial charge in [0.2, 0.25) is 5.91 Å². The summed E-state index contributed by atoms with van der Waals surface area (Å²) in [5.41, 5.74) is 2.35. The fraction of sp³-hybridized carbons (Fsp3) is 0.581. The Morgan fingerprint density at radius 1 is 1.18 bits per heavy atom. The minimum Gasteiger partial charge on any atom is -0.458 e. The van der Waals surface area contributed by atoms with E-state index in [2.05, 4.69) is 6.92 Å². The Labute approximate surface area is 231 Å². The van der Waals surface area contributed by atoms with Crippen LogP contribution in [-0.2, 0) is 28.6 Å². The average Bonchev–Trinajstić information content (AvgIpc) is 3.35. The fourth-order valence-corrected chi connectivity index (χ4v) is 6.40. The van der Waals surface area contributed by atoms with Crippen molar-refractivity contribution < 1.29 is 33.7 Å². The standard InChI is InChI=1S/C31H41NO7/c1-21-9-12-25-30(21)26(38-28(35)14-11-23-7-5-4-6-8-23)20-37-31(25,3)27(39-29(36)19-33)13-10-24-15-17-32(18-16-24)22(2)34/h4-8,11,14,24-27,33H,9-10,12-13,15-20H2,1-3H3/b14-11+. The second-order valence-electron chi connectivity index (χ2n) is 11.2. The molecule has 1 amide bonds. The molecule has 0 bridgehead atoms. The van der Waals surface area contributed by atoms with Gasteiger partial charge in [0, 0.05) is 32.0 Å². The molecular weight excluding hydrogens is 498 g/mol. The lowest BCUT2D eigenvalue weighted by Crippen LogP contribution is -2.56. The number of benzene rings is 1. The first-order valence-corrected chi connectivity index (χ1v) is 14.0. The van der Waals surface area contributed by atoms with Gasteiger partial charge >= 0.3 is 11.9 Å². The highest BCUT2D eigenvalue weighted by Gasteiger charge is 2.53. The summed E-state index contributed by atoms with van der Waals surface area (Å²) in [6.07, 6.45) is 7.06. The lowest BCUT2D eigenvalue weighted by Gasteiger charge is -2.48. The molecule has 3 aliphatic rings. The van der Waals surface area contributed by atoms with Gasteiger partial charge in [-0.25, -0.2) is 9.59 Å². The minimum atomic E-state index is -0.805. The summed E-state index contributed by atoms with van der Waals surface area (Å²) in [5, 5.41) is 9.44. The molecule has 2 fully saturated rings. The summed E-state index contributed by atoms with van der Waals surface area (Å²) in [6.45, 7) is 6.63. The number of amides is 1. The Kier molecular flexibility index (Phi) is 9.62. The van der Waals surface area contributed by atoms with E-state index < -0.39 is 36.4 Å². The Morgan fingerprint density at radius 3 is 2.56 bits per heavy atom. The van der Waals surface area contributed by atoms with E-state index in [0.717, 1.165) is 56.3 Å². The molecule has 1 aliphatic carbocycles. The fourth-order valence-electron chi connectivity index (χ4n) is 6.40. The number of piperidine rings is 1. The number of hydrogen-bond donors (Lipinski definition) is 1. The van der Waals surface area contributed by atoms with Gasteiger partial charge in [-0.05, 0) is 75.5 Å². The zero-order valence-electron chi connectivity index (χ0n) is 23.3. The Balaban J connectivity index is 1.45. The molecule has 0 saturated carbocycles. The van der Waals surface area contributed by atoms with E-state index in [9.17, 15) is 19.5 Å². The zero-order chi connectivity index (χ0) is 28.0. The SMILES string of the molecule is CC(=O)N1CCC(CCC(OC(=O)CO)C2(C)OCC(OC(=O)/C=C/c3ccccc3)C3=C(C)CCC32)CC1. The van der Waals surface area contributed by atoms with Crippen LogP contribution in [0, 0.1) is 11.8 Å². The van der Waals surface area contributed by atoms with Crippen LogP contribution >= 0.6 is 0 Å². The number of nitrogens with zero attached hydrogens (tertiary/aromatic N) is 1. The predicted molar refractivity (Wildman–Crippen MR) is 146 cm³/mol. The largest absolute Gasteiger partial charge is 0.458 e. The predicted octanol–water partition coefficient (Wildman–Crippen LogP) is 4.07. The zero-order valence-corrected chi connectivity index (χ0v) is 23.3. The molecule has 39 heavy (non-hydrogen) atoms. The summed E-state index contributed by atoms with van der Waals surface area (Å²) >= 11 is 0. The first-order chi connectivity index (χ1) is 18.7. The number of aliphatic hydroxyl groups excluding tert-OH is 1. The monoisotopic (exact) mass is 539 g/mol.